The number of hydrogen-bond donors (Lipinski definition) is 2. The molecule has 108 valence electrons. The molecule has 20 heavy (non-hydrogen) atoms. The lowest BCUT2D eigenvalue weighted by molar-refractivity contribution is 0.579. The summed E-state index contributed by atoms with van der Waals surface area (Å²) in [5.41, 5.74) is 4.15. The van der Waals surface area contributed by atoms with E-state index in [0.29, 0.717) is 11.4 Å². The van der Waals surface area contributed by atoms with Crippen molar-refractivity contribution in [1.29, 1.82) is 0 Å². The Morgan fingerprint density at radius 2 is 2.10 bits per heavy atom. The molecular formula is C13H17N3O2S2. The molecule has 1 aromatic heterocycles. The molecule has 2 N–H and O–H groups in total. The average Bonchev–Trinajstić information content (AvgIpc) is 2.92. The second-order valence-electron chi connectivity index (χ2n) is 4.37. The molecule has 0 amide bonds. The fraction of sp³-hybridized carbons (Fsp3) is 0.308. The van der Waals surface area contributed by atoms with Crippen molar-refractivity contribution in [3.8, 4) is 0 Å². The molecule has 1 heterocycles. The molecule has 2 rings (SSSR count). The van der Waals surface area contributed by atoms with Crippen molar-refractivity contribution in [3.63, 3.8) is 0 Å². The molecule has 5 nitrogen and oxygen atoms in total. The van der Waals surface area contributed by atoms with Gasteiger partial charge in [0.2, 0.25) is 10.0 Å². The lowest BCUT2D eigenvalue weighted by Crippen LogP contribution is -2.24. The van der Waals surface area contributed by atoms with Crippen LogP contribution in [-0.4, -0.2) is 20.4 Å². The molecule has 2 aromatic rings. The van der Waals surface area contributed by atoms with Gasteiger partial charge in [-0.1, -0.05) is 12.1 Å². The smallest absolute Gasteiger partial charge is 0.241 e. The number of rotatable bonds is 6. The van der Waals surface area contributed by atoms with Crippen molar-refractivity contribution in [1.82, 2.24) is 15.0 Å². The van der Waals surface area contributed by atoms with E-state index in [2.05, 4.69) is 15.0 Å². The molecule has 0 bridgehead atoms. The summed E-state index contributed by atoms with van der Waals surface area (Å²) >= 11 is 1.44. The van der Waals surface area contributed by atoms with Gasteiger partial charge >= 0.3 is 0 Å². The highest BCUT2D eigenvalue weighted by molar-refractivity contribution is 7.89. The van der Waals surface area contributed by atoms with E-state index >= 15 is 0 Å². The van der Waals surface area contributed by atoms with E-state index in [1.54, 1.807) is 17.6 Å². The molecule has 0 saturated heterocycles. The summed E-state index contributed by atoms with van der Waals surface area (Å²) in [4.78, 5) is 4.38. The Morgan fingerprint density at radius 1 is 1.30 bits per heavy atom. The monoisotopic (exact) mass is 311 g/mol. The first-order chi connectivity index (χ1) is 9.54. The van der Waals surface area contributed by atoms with E-state index in [1.165, 1.54) is 11.3 Å². The zero-order chi connectivity index (χ0) is 14.6. The number of benzene rings is 1. The van der Waals surface area contributed by atoms with Gasteiger partial charge in [0.15, 0.2) is 0 Å². The number of sulfonamides is 1. The Hall–Kier alpha value is -1.28. The molecule has 1 aromatic carbocycles. The van der Waals surface area contributed by atoms with Crippen LogP contribution in [0.15, 0.2) is 34.0 Å². The van der Waals surface area contributed by atoms with Gasteiger partial charge in [-0.05, 0) is 31.2 Å². The summed E-state index contributed by atoms with van der Waals surface area (Å²) in [6.45, 7) is 2.67. The second-order valence-corrected chi connectivity index (χ2v) is 6.83. The summed E-state index contributed by atoms with van der Waals surface area (Å²) in [5, 5.41) is 4.86. The predicted octanol–water partition coefficient (Wildman–Crippen LogP) is 1.65. The Labute approximate surface area is 123 Å². The van der Waals surface area contributed by atoms with E-state index in [4.69, 9.17) is 0 Å². The molecular weight excluding hydrogens is 294 g/mol. The van der Waals surface area contributed by atoms with Crippen molar-refractivity contribution < 1.29 is 8.42 Å². The van der Waals surface area contributed by atoms with Crippen molar-refractivity contribution in [2.75, 3.05) is 7.05 Å². The largest absolute Gasteiger partial charge is 0.316 e. The Bertz CT molecular complexity index is 667. The zero-order valence-electron chi connectivity index (χ0n) is 11.4. The number of nitrogens with zero attached hydrogens (tertiary/aromatic N) is 1. The van der Waals surface area contributed by atoms with Gasteiger partial charge in [0.25, 0.3) is 0 Å². The minimum Gasteiger partial charge on any atom is -0.316 e. The molecule has 0 atom stereocenters. The first-order valence-electron chi connectivity index (χ1n) is 6.14. The number of aromatic nitrogens is 1. The minimum atomic E-state index is -3.52. The van der Waals surface area contributed by atoms with Gasteiger partial charge in [0.05, 0.1) is 22.6 Å². The van der Waals surface area contributed by atoms with Gasteiger partial charge in [0, 0.05) is 11.9 Å². The molecule has 0 radical (unpaired) electrons. The van der Waals surface area contributed by atoms with E-state index < -0.39 is 10.0 Å². The molecule has 0 aliphatic rings. The summed E-state index contributed by atoms with van der Waals surface area (Å²) in [7, 11) is -1.69. The van der Waals surface area contributed by atoms with Crippen LogP contribution in [0.2, 0.25) is 0 Å². The lowest BCUT2D eigenvalue weighted by Gasteiger charge is -2.12. The van der Waals surface area contributed by atoms with E-state index in [9.17, 15) is 8.42 Å². The molecule has 0 aliphatic carbocycles. The topological polar surface area (TPSA) is 71.1 Å². The van der Waals surface area contributed by atoms with E-state index in [-0.39, 0.29) is 6.54 Å². The Kier molecular flexibility index (Phi) is 4.87. The van der Waals surface area contributed by atoms with Gasteiger partial charge < -0.3 is 5.32 Å². The van der Waals surface area contributed by atoms with Crippen molar-refractivity contribution in [2.24, 2.45) is 0 Å². The van der Waals surface area contributed by atoms with Crippen LogP contribution in [0.4, 0.5) is 0 Å². The third kappa shape index (κ3) is 3.43. The summed E-state index contributed by atoms with van der Waals surface area (Å²) < 4.78 is 27.3. The van der Waals surface area contributed by atoms with Gasteiger partial charge in [-0.3, -0.25) is 0 Å². The van der Waals surface area contributed by atoms with Gasteiger partial charge in [-0.2, -0.15) is 0 Å². The van der Waals surface area contributed by atoms with Crippen LogP contribution in [0.3, 0.4) is 0 Å². The molecule has 0 spiro atoms. The number of nitrogens with one attached hydrogen (secondary N) is 2. The fourth-order valence-corrected chi connectivity index (χ4v) is 3.75. The first-order valence-corrected chi connectivity index (χ1v) is 8.57. The Morgan fingerprint density at radius 3 is 2.75 bits per heavy atom. The predicted molar refractivity (Wildman–Crippen MR) is 80.1 cm³/mol. The lowest BCUT2D eigenvalue weighted by atomic mass is 10.1. The van der Waals surface area contributed by atoms with Crippen LogP contribution in [0, 0.1) is 6.92 Å². The van der Waals surface area contributed by atoms with Crippen molar-refractivity contribution in [2.45, 2.75) is 24.9 Å². The third-order valence-corrected chi connectivity index (χ3v) is 5.16. The van der Waals surface area contributed by atoms with Gasteiger partial charge in [-0.25, -0.2) is 18.1 Å². The molecule has 0 aliphatic heterocycles. The van der Waals surface area contributed by atoms with E-state index in [1.807, 2.05) is 25.4 Å². The summed E-state index contributed by atoms with van der Waals surface area (Å²) in [6, 6.07) is 5.31. The maximum Gasteiger partial charge on any atom is 0.241 e. The number of hydrogen-bond acceptors (Lipinski definition) is 5. The first kappa shape index (κ1) is 15.1. The van der Waals surface area contributed by atoms with Crippen LogP contribution in [0.5, 0.6) is 0 Å². The second kappa shape index (κ2) is 6.45. The molecule has 0 unspecified atom stereocenters. The fourth-order valence-electron chi connectivity index (χ4n) is 1.90. The van der Waals surface area contributed by atoms with Crippen molar-refractivity contribution in [3.05, 3.63) is 45.9 Å². The maximum absolute atomic E-state index is 12.3. The minimum absolute atomic E-state index is 0.210. The van der Waals surface area contributed by atoms with Crippen LogP contribution in [-0.2, 0) is 23.1 Å². The van der Waals surface area contributed by atoms with Crippen LogP contribution in [0.25, 0.3) is 0 Å². The summed E-state index contributed by atoms with van der Waals surface area (Å²) in [6.07, 6.45) is 0. The highest BCUT2D eigenvalue weighted by Crippen LogP contribution is 2.19. The Balaban J connectivity index is 2.23. The molecule has 7 heteroatoms. The number of thiazole rings is 1. The maximum atomic E-state index is 12.3. The van der Waals surface area contributed by atoms with Crippen molar-refractivity contribution >= 4 is 21.4 Å². The normalized spacial score (nSPS) is 11.7. The highest BCUT2D eigenvalue weighted by Gasteiger charge is 2.18. The highest BCUT2D eigenvalue weighted by atomic mass is 32.2. The van der Waals surface area contributed by atoms with Gasteiger partial charge in [0.1, 0.15) is 0 Å². The van der Waals surface area contributed by atoms with Crippen LogP contribution in [0.1, 0.15) is 16.8 Å². The van der Waals surface area contributed by atoms with Crippen LogP contribution >= 0.6 is 11.3 Å². The van der Waals surface area contributed by atoms with Gasteiger partial charge in [-0.15, -0.1) is 11.3 Å². The summed E-state index contributed by atoms with van der Waals surface area (Å²) in [5.74, 6) is 0. The van der Waals surface area contributed by atoms with E-state index in [0.717, 1.165) is 16.8 Å². The zero-order valence-corrected chi connectivity index (χ0v) is 13.0. The molecule has 0 fully saturated rings. The van der Waals surface area contributed by atoms with Crippen LogP contribution < -0.4 is 10.0 Å². The molecule has 0 saturated carbocycles. The SMILES string of the molecule is CNCc1cccc(S(=O)(=O)NCc2cscn2)c1C. The average molecular weight is 311 g/mol. The quantitative estimate of drug-likeness (QED) is 0.851. The standard InChI is InChI=1S/C13H17N3O2S2/c1-10-11(6-14-2)4-3-5-13(10)20(17,18)16-7-12-8-19-9-15-12/h3-5,8-9,14,16H,6-7H2,1-2H3. The third-order valence-electron chi connectivity index (χ3n) is 2.98.